The number of ketones is 1. The van der Waals surface area contributed by atoms with Crippen molar-refractivity contribution in [3.8, 4) is 11.3 Å². The summed E-state index contributed by atoms with van der Waals surface area (Å²) in [6.45, 7) is 25.5. The zero-order valence-corrected chi connectivity index (χ0v) is 37.1. The predicted octanol–water partition coefficient (Wildman–Crippen LogP) is 14.3. The van der Waals surface area contributed by atoms with Crippen molar-refractivity contribution < 1.29 is 34.4 Å². The number of allylic oxidation sites excluding steroid dienone is 2. The number of thiophene rings is 1. The molecule has 0 aliphatic carbocycles. The van der Waals surface area contributed by atoms with Crippen molar-refractivity contribution in [3.63, 3.8) is 0 Å². The van der Waals surface area contributed by atoms with E-state index in [0.29, 0.717) is 5.92 Å². The Kier molecular flexibility index (Phi) is 13.3. The average molecular weight is 909 g/mol. The van der Waals surface area contributed by atoms with Crippen LogP contribution >= 0.6 is 11.3 Å². The zero-order chi connectivity index (χ0) is 38.2. The van der Waals surface area contributed by atoms with Crippen molar-refractivity contribution in [2.75, 3.05) is 0 Å². The number of hydrogen-bond acceptors (Lipinski definition) is 5. The van der Waals surface area contributed by atoms with E-state index in [0.717, 1.165) is 60.1 Å². The second-order valence-electron chi connectivity index (χ2n) is 16.5. The molecule has 1 N–H and O–H groups in total. The van der Waals surface area contributed by atoms with E-state index in [2.05, 4.69) is 96.1 Å². The molecule has 4 nitrogen and oxygen atoms in total. The van der Waals surface area contributed by atoms with Crippen molar-refractivity contribution in [2.24, 2.45) is 16.7 Å². The molecule has 1 radical (unpaired) electrons. The van der Waals surface area contributed by atoms with E-state index in [1.54, 1.807) is 11.3 Å². The molecule has 0 unspecified atom stereocenters. The van der Waals surface area contributed by atoms with Gasteiger partial charge in [-0.3, -0.25) is 9.78 Å². The Balaban J connectivity index is 0.000000299. The van der Waals surface area contributed by atoms with Crippen LogP contribution in [0.25, 0.3) is 53.2 Å². The predicted molar refractivity (Wildman–Crippen MR) is 224 cm³/mol. The molecule has 6 aromatic rings. The van der Waals surface area contributed by atoms with Crippen molar-refractivity contribution in [1.29, 1.82) is 0 Å². The first-order valence-corrected chi connectivity index (χ1v) is 20.0. The molecular weight excluding hydrogens is 851 g/mol. The smallest absolute Gasteiger partial charge is 0.164 e. The van der Waals surface area contributed by atoms with Crippen molar-refractivity contribution in [1.82, 2.24) is 4.98 Å². The summed E-state index contributed by atoms with van der Waals surface area (Å²) in [5, 5.41) is 16.2. The number of carbonyl (C=O) groups is 1. The van der Waals surface area contributed by atoms with Crippen LogP contribution in [0.5, 0.6) is 0 Å². The van der Waals surface area contributed by atoms with Crippen LogP contribution in [0.2, 0.25) is 0 Å². The van der Waals surface area contributed by atoms with E-state index < -0.39 is 0 Å². The Bertz CT molecular complexity index is 2260. The number of hydrogen-bond donors (Lipinski definition) is 1. The van der Waals surface area contributed by atoms with E-state index >= 15 is 0 Å². The molecule has 3 aromatic heterocycles. The normalized spacial score (nSPS) is 12.8. The third-order valence-corrected chi connectivity index (χ3v) is 12.7. The van der Waals surface area contributed by atoms with E-state index in [9.17, 15) is 9.90 Å². The first-order valence-electron chi connectivity index (χ1n) is 19.1. The van der Waals surface area contributed by atoms with Gasteiger partial charge in [0.05, 0.1) is 4.70 Å². The quantitative estimate of drug-likeness (QED) is 0.0845. The van der Waals surface area contributed by atoms with Crippen LogP contribution in [0.3, 0.4) is 0 Å². The molecule has 53 heavy (non-hydrogen) atoms. The van der Waals surface area contributed by atoms with Gasteiger partial charge in [-0.1, -0.05) is 117 Å². The maximum absolute atomic E-state index is 12.2. The molecule has 0 atom stereocenters. The number of fused-ring (bicyclic) bond motifs is 6. The van der Waals surface area contributed by atoms with Crippen LogP contribution in [0, 0.1) is 29.7 Å². The van der Waals surface area contributed by atoms with E-state index in [-0.39, 0.29) is 47.9 Å². The molecule has 3 heterocycles. The number of furan rings is 1. The molecule has 0 saturated heterocycles. The molecule has 6 rings (SSSR count). The molecule has 0 spiro atoms. The number of aryl methyl sites for hydroxylation is 1. The van der Waals surface area contributed by atoms with E-state index in [4.69, 9.17) is 9.40 Å². The fraction of sp³-hybridized carbons (Fsp3) is 0.447. The number of aromatic nitrogens is 1. The summed E-state index contributed by atoms with van der Waals surface area (Å²) in [6.07, 6.45) is 7.72. The molecular formula is C47H58IrNO3S-. The summed E-state index contributed by atoms with van der Waals surface area (Å²) in [7, 11) is 0. The van der Waals surface area contributed by atoms with E-state index in [1.165, 1.54) is 48.1 Å². The minimum absolute atomic E-state index is 0. The van der Waals surface area contributed by atoms with Gasteiger partial charge in [0.2, 0.25) is 0 Å². The number of carbonyl (C=O) groups excluding carboxylic acids is 1. The van der Waals surface area contributed by atoms with Gasteiger partial charge in [0.1, 0.15) is 11.5 Å². The summed E-state index contributed by atoms with van der Waals surface area (Å²) in [5.74, 6) is 1.91. The maximum atomic E-state index is 12.2. The number of aliphatic hydroxyl groups is 1. The number of rotatable bonds is 10. The van der Waals surface area contributed by atoms with Crippen molar-refractivity contribution >= 4 is 59.0 Å². The van der Waals surface area contributed by atoms with Crippen molar-refractivity contribution in [2.45, 2.75) is 121 Å². The third kappa shape index (κ3) is 8.36. The Morgan fingerprint density at radius 1 is 0.906 bits per heavy atom. The Morgan fingerprint density at radius 3 is 2.13 bits per heavy atom. The van der Waals surface area contributed by atoms with Gasteiger partial charge in [-0.25, -0.2) is 0 Å². The molecule has 0 bridgehead atoms. The number of aliphatic hydroxyl groups excluding tert-OH is 1. The minimum atomic E-state index is -0.337. The van der Waals surface area contributed by atoms with Gasteiger partial charge in [-0.2, -0.15) is 0 Å². The molecule has 0 fully saturated rings. The van der Waals surface area contributed by atoms with Crippen LogP contribution in [0.15, 0.2) is 71.0 Å². The monoisotopic (exact) mass is 909 g/mol. The Hall–Kier alpha value is -3.31. The van der Waals surface area contributed by atoms with E-state index in [1.807, 2.05) is 47.7 Å². The van der Waals surface area contributed by atoms with Crippen LogP contribution in [-0.2, 0) is 36.7 Å². The number of benzene rings is 3. The fourth-order valence-corrected chi connectivity index (χ4v) is 8.21. The largest absolute Gasteiger partial charge is 0.512 e. The summed E-state index contributed by atoms with van der Waals surface area (Å²) in [5.41, 5.74) is 5.13. The zero-order valence-electron chi connectivity index (χ0n) is 33.8. The summed E-state index contributed by atoms with van der Waals surface area (Å²) >= 11 is 1.81. The van der Waals surface area contributed by atoms with Crippen molar-refractivity contribution in [3.05, 3.63) is 89.5 Å². The van der Waals surface area contributed by atoms with Gasteiger partial charge in [-0.15, -0.1) is 40.5 Å². The molecule has 3 aromatic carbocycles. The SMILES string of the molecule is CCC(C)(CC)C(=O)/C=C(\O)C(C)(CC)CC.Cc1oc2c(ccc3c2sc2ccnc(-c4[c-]c5ccccc5c(C(C)(C)C)c4)c23)c1CC(C)C.[Ir]. The Labute approximate surface area is 334 Å². The molecule has 6 heteroatoms. The fourth-order valence-electron chi connectivity index (χ4n) is 7.03. The third-order valence-electron chi connectivity index (χ3n) is 11.6. The summed E-state index contributed by atoms with van der Waals surface area (Å²) in [6, 6.07) is 21.2. The first-order chi connectivity index (χ1) is 24.5. The average Bonchev–Trinajstić information content (AvgIpc) is 3.66. The van der Waals surface area contributed by atoms with Gasteiger partial charge >= 0.3 is 0 Å². The first kappa shape index (κ1) is 42.4. The number of nitrogens with zero attached hydrogens (tertiary/aromatic N) is 1. The standard InChI is InChI=1S/C32H30NOS.C15H28O2.Ir/c1-18(2)15-25-19(3)34-30-23(25)11-12-24-28-27(35-31(24)30)13-14-33-29(28)21-16-20-9-7-8-10-22(20)26(17-21)32(4,5)6;1-7-14(5,8-2)12(16)11-13(17)15(6,9-3)10-4;/h7-14,17-18H,15H2,1-6H3;11,16H,7-10H2,1-6H3;/q-1;;/b;12-11-;. The van der Waals surface area contributed by atoms with Gasteiger partial charge in [0, 0.05) is 64.6 Å². The topological polar surface area (TPSA) is 63.3 Å². The van der Waals surface area contributed by atoms with Crippen LogP contribution in [0.4, 0.5) is 0 Å². The molecule has 285 valence electrons. The molecule has 0 aliphatic rings. The second-order valence-corrected chi connectivity index (χ2v) is 17.6. The van der Waals surface area contributed by atoms with Crippen LogP contribution in [0.1, 0.15) is 119 Å². The summed E-state index contributed by atoms with van der Waals surface area (Å²) < 4.78 is 8.83. The van der Waals surface area contributed by atoms with Crippen LogP contribution < -0.4 is 0 Å². The molecule has 0 saturated carbocycles. The molecule has 0 aliphatic heterocycles. The summed E-state index contributed by atoms with van der Waals surface area (Å²) in [4.78, 5) is 17.1. The second kappa shape index (κ2) is 16.6. The Morgan fingerprint density at radius 2 is 1.53 bits per heavy atom. The van der Waals surface area contributed by atoms with Gasteiger partial charge in [-0.05, 0) is 67.2 Å². The minimum Gasteiger partial charge on any atom is -0.512 e. The maximum Gasteiger partial charge on any atom is 0.164 e. The van der Waals surface area contributed by atoms with Gasteiger partial charge < -0.3 is 9.52 Å². The van der Waals surface area contributed by atoms with Crippen LogP contribution in [-0.4, -0.2) is 15.9 Å². The van der Waals surface area contributed by atoms with Gasteiger partial charge in [0.25, 0.3) is 0 Å². The number of pyridine rings is 1. The van der Waals surface area contributed by atoms with Gasteiger partial charge in [0.15, 0.2) is 11.4 Å². The molecule has 0 amide bonds.